The van der Waals surface area contributed by atoms with E-state index < -0.39 is 0 Å². The standard InChI is InChI=1S/C18H21N7OS/c1-14(2)15-5-7-16(8-6-15)25-18(21-22-23-25)27-13-17(26)24(11-3-9-19)12-4-10-20/h5-8,14H,3-4,11-13H2,1-2H3. The van der Waals surface area contributed by atoms with Gasteiger partial charge < -0.3 is 4.90 Å². The summed E-state index contributed by atoms with van der Waals surface area (Å²) in [6.07, 6.45) is 0.476. The monoisotopic (exact) mass is 383 g/mol. The van der Waals surface area contributed by atoms with E-state index in [0.29, 0.717) is 24.2 Å². The van der Waals surface area contributed by atoms with Gasteiger partial charge in [-0.15, -0.1) is 5.10 Å². The maximum absolute atomic E-state index is 12.4. The third-order valence-corrected chi connectivity index (χ3v) is 4.81. The number of nitrogens with zero attached hydrogens (tertiary/aromatic N) is 7. The molecule has 0 atom stereocenters. The van der Waals surface area contributed by atoms with Gasteiger partial charge in [-0.3, -0.25) is 4.79 Å². The largest absolute Gasteiger partial charge is 0.340 e. The molecule has 0 fully saturated rings. The molecule has 2 rings (SSSR count). The molecule has 1 amide bonds. The van der Waals surface area contributed by atoms with Crippen molar-refractivity contribution in [2.24, 2.45) is 0 Å². The zero-order valence-electron chi connectivity index (χ0n) is 15.4. The van der Waals surface area contributed by atoms with Gasteiger partial charge in [-0.05, 0) is 34.0 Å². The maximum atomic E-state index is 12.4. The lowest BCUT2D eigenvalue weighted by atomic mass is 10.0. The molecule has 1 aromatic carbocycles. The number of thioether (sulfide) groups is 1. The number of carbonyl (C=O) groups excluding carboxylic acids is 1. The first-order valence-corrected chi connectivity index (χ1v) is 9.58. The highest BCUT2D eigenvalue weighted by molar-refractivity contribution is 7.99. The van der Waals surface area contributed by atoms with Gasteiger partial charge in [-0.1, -0.05) is 37.7 Å². The Morgan fingerprint density at radius 2 is 1.81 bits per heavy atom. The Balaban J connectivity index is 2.04. The molecule has 0 bridgehead atoms. The van der Waals surface area contributed by atoms with E-state index in [1.165, 1.54) is 22.2 Å². The van der Waals surface area contributed by atoms with Gasteiger partial charge in [-0.25, -0.2) is 0 Å². The topological polar surface area (TPSA) is 111 Å². The van der Waals surface area contributed by atoms with Gasteiger partial charge in [0, 0.05) is 13.1 Å². The van der Waals surface area contributed by atoms with E-state index in [9.17, 15) is 4.79 Å². The lowest BCUT2D eigenvalue weighted by Gasteiger charge is -2.19. The van der Waals surface area contributed by atoms with Crippen LogP contribution in [0.5, 0.6) is 0 Å². The van der Waals surface area contributed by atoms with Crippen molar-refractivity contribution < 1.29 is 4.79 Å². The summed E-state index contributed by atoms with van der Waals surface area (Å²) in [5.41, 5.74) is 2.05. The predicted octanol–water partition coefficient (Wildman–Crippen LogP) is 2.53. The molecule has 0 aliphatic carbocycles. The van der Waals surface area contributed by atoms with Gasteiger partial charge in [0.1, 0.15) is 0 Å². The molecule has 0 unspecified atom stereocenters. The molecule has 9 heteroatoms. The van der Waals surface area contributed by atoms with Gasteiger partial charge in [0.05, 0.1) is 36.4 Å². The van der Waals surface area contributed by atoms with Crippen LogP contribution in [-0.4, -0.2) is 49.9 Å². The van der Waals surface area contributed by atoms with Gasteiger partial charge >= 0.3 is 0 Å². The van der Waals surface area contributed by atoms with Gasteiger partial charge in [0.25, 0.3) is 0 Å². The van der Waals surface area contributed by atoms with E-state index in [-0.39, 0.29) is 24.5 Å². The number of benzene rings is 1. The quantitative estimate of drug-likeness (QED) is 0.612. The first-order chi connectivity index (χ1) is 13.1. The van der Waals surface area contributed by atoms with E-state index in [1.807, 2.05) is 36.4 Å². The van der Waals surface area contributed by atoms with Crippen molar-refractivity contribution in [3.05, 3.63) is 29.8 Å². The number of nitriles is 2. The highest BCUT2D eigenvalue weighted by Gasteiger charge is 2.16. The van der Waals surface area contributed by atoms with E-state index >= 15 is 0 Å². The van der Waals surface area contributed by atoms with Gasteiger partial charge in [-0.2, -0.15) is 15.2 Å². The molecule has 140 valence electrons. The molecule has 0 saturated heterocycles. The first kappa shape index (κ1) is 20.4. The SMILES string of the molecule is CC(C)c1ccc(-n2nnnc2SCC(=O)N(CCC#N)CCC#N)cc1. The highest BCUT2D eigenvalue weighted by Crippen LogP contribution is 2.21. The number of amides is 1. The summed E-state index contributed by atoms with van der Waals surface area (Å²) in [7, 11) is 0. The molecule has 0 aliphatic heterocycles. The van der Waals surface area contributed by atoms with Crippen LogP contribution in [0, 0.1) is 22.7 Å². The molecule has 8 nitrogen and oxygen atoms in total. The van der Waals surface area contributed by atoms with Crippen LogP contribution in [-0.2, 0) is 4.79 Å². The first-order valence-electron chi connectivity index (χ1n) is 8.60. The number of hydrogen-bond acceptors (Lipinski definition) is 7. The molecular formula is C18H21N7OS. The van der Waals surface area contributed by atoms with E-state index in [4.69, 9.17) is 10.5 Å². The summed E-state index contributed by atoms with van der Waals surface area (Å²) in [5.74, 6) is 0.434. The summed E-state index contributed by atoms with van der Waals surface area (Å²) in [5, 5.41) is 29.7. The molecule has 0 saturated carbocycles. The van der Waals surface area contributed by atoms with Crippen molar-refractivity contribution in [3.8, 4) is 17.8 Å². The molecule has 27 heavy (non-hydrogen) atoms. The molecule has 0 radical (unpaired) electrons. The lowest BCUT2D eigenvalue weighted by molar-refractivity contribution is -0.128. The molecular weight excluding hydrogens is 362 g/mol. The molecule has 1 heterocycles. The van der Waals surface area contributed by atoms with Crippen molar-refractivity contribution in [2.45, 2.75) is 37.8 Å². The van der Waals surface area contributed by atoms with E-state index in [2.05, 4.69) is 29.4 Å². The molecule has 0 aliphatic rings. The second kappa shape index (κ2) is 10.3. The van der Waals surface area contributed by atoms with Crippen LogP contribution in [0.4, 0.5) is 0 Å². The number of aromatic nitrogens is 4. The average Bonchev–Trinajstić information content (AvgIpc) is 3.15. The molecule has 1 aromatic heterocycles. The van der Waals surface area contributed by atoms with Crippen LogP contribution in [0.2, 0.25) is 0 Å². The summed E-state index contributed by atoms with van der Waals surface area (Å²) in [4.78, 5) is 14.0. The Bertz CT molecular complexity index is 815. The third-order valence-electron chi connectivity index (χ3n) is 3.91. The Morgan fingerprint density at radius 1 is 1.19 bits per heavy atom. The van der Waals surface area contributed by atoms with Crippen molar-refractivity contribution in [1.29, 1.82) is 10.5 Å². The third kappa shape index (κ3) is 5.80. The predicted molar refractivity (Wildman–Crippen MR) is 101 cm³/mol. The summed E-state index contributed by atoms with van der Waals surface area (Å²) < 4.78 is 1.59. The normalized spacial score (nSPS) is 10.4. The summed E-state index contributed by atoms with van der Waals surface area (Å²) in [6, 6.07) is 12.0. The van der Waals surface area contributed by atoms with Crippen molar-refractivity contribution in [2.75, 3.05) is 18.8 Å². The Morgan fingerprint density at radius 3 is 2.37 bits per heavy atom. The summed E-state index contributed by atoms with van der Waals surface area (Å²) >= 11 is 1.23. The van der Waals surface area contributed by atoms with E-state index in [1.54, 1.807) is 4.68 Å². The number of tetrazole rings is 1. The minimum atomic E-state index is -0.143. The van der Waals surface area contributed by atoms with Crippen LogP contribution < -0.4 is 0 Å². The van der Waals surface area contributed by atoms with Crippen LogP contribution in [0.25, 0.3) is 5.69 Å². The number of carbonyl (C=O) groups is 1. The maximum Gasteiger partial charge on any atom is 0.233 e. The fraction of sp³-hybridized carbons (Fsp3) is 0.444. The second-order valence-corrected chi connectivity index (χ2v) is 7.05. The molecule has 2 aromatic rings. The van der Waals surface area contributed by atoms with Gasteiger partial charge in [0.15, 0.2) is 0 Å². The van der Waals surface area contributed by atoms with Crippen LogP contribution in [0.15, 0.2) is 29.4 Å². The fourth-order valence-electron chi connectivity index (χ4n) is 2.38. The zero-order chi connectivity index (χ0) is 19.6. The Kier molecular flexibility index (Phi) is 7.78. The van der Waals surface area contributed by atoms with E-state index in [0.717, 1.165) is 5.69 Å². The average molecular weight is 383 g/mol. The summed E-state index contributed by atoms with van der Waals surface area (Å²) in [6.45, 7) is 4.89. The molecule has 0 spiro atoms. The van der Waals surface area contributed by atoms with Crippen LogP contribution in [0.1, 0.15) is 38.2 Å². The van der Waals surface area contributed by atoms with Crippen molar-refractivity contribution in [1.82, 2.24) is 25.1 Å². The Labute approximate surface area is 162 Å². The van der Waals surface area contributed by atoms with Gasteiger partial charge in [0.2, 0.25) is 11.1 Å². The smallest absolute Gasteiger partial charge is 0.233 e. The van der Waals surface area contributed by atoms with Crippen molar-refractivity contribution >= 4 is 17.7 Å². The Hall–Kier alpha value is -2.91. The number of rotatable bonds is 9. The second-order valence-electron chi connectivity index (χ2n) is 6.11. The van der Waals surface area contributed by atoms with Crippen molar-refractivity contribution in [3.63, 3.8) is 0 Å². The zero-order valence-corrected chi connectivity index (χ0v) is 16.2. The van der Waals surface area contributed by atoms with Crippen LogP contribution >= 0.6 is 11.8 Å². The highest BCUT2D eigenvalue weighted by atomic mass is 32.2. The fourth-order valence-corrected chi connectivity index (χ4v) is 3.17. The molecule has 0 N–H and O–H groups in total. The lowest BCUT2D eigenvalue weighted by Crippen LogP contribution is -2.34. The minimum absolute atomic E-state index is 0.140. The van der Waals surface area contributed by atoms with Crippen LogP contribution in [0.3, 0.4) is 0 Å². The minimum Gasteiger partial charge on any atom is -0.340 e. The number of hydrogen-bond donors (Lipinski definition) is 0.